The minimum Gasteiger partial charge on any atom is -0.406 e. The molecule has 0 aromatic heterocycles. The predicted molar refractivity (Wildman–Crippen MR) is 77.9 cm³/mol. The highest BCUT2D eigenvalue weighted by Gasteiger charge is 2.59. The molecule has 4 nitrogen and oxygen atoms in total. The van der Waals surface area contributed by atoms with Gasteiger partial charge in [-0.15, -0.1) is 13.2 Å². The molecular formula is C15H18F3NO3S. The van der Waals surface area contributed by atoms with E-state index in [-0.39, 0.29) is 10.8 Å². The van der Waals surface area contributed by atoms with E-state index in [1.807, 2.05) is 0 Å². The molecule has 1 aliphatic carbocycles. The normalized spacial score (nSPS) is 21.9. The second-order valence-electron chi connectivity index (χ2n) is 6.11. The summed E-state index contributed by atoms with van der Waals surface area (Å²) in [6.45, 7) is 1.61. The van der Waals surface area contributed by atoms with Crippen LogP contribution in [0.3, 0.4) is 0 Å². The van der Waals surface area contributed by atoms with Crippen molar-refractivity contribution in [3.05, 3.63) is 24.3 Å². The zero-order chi connectivity index (χ0) is 16.7. The maximum absolute atomic E-state index is 12.9. The molecule has 0 spiro atoms. The lowest BCUT2D eigenvalue weighted by Gasteiger charge is -2.30. The molecule has 23 heavy (non-hydrogen) atoms. The Labute approximate surface area is 132 Å². The van der Waals surface area contributed by atoms with Crippen LogP contribution >= 0.6 is 0 Å². The van der Waals surface area contributed by atoms with E-state index in [4.69, 9.17) is 0 Å². The first kappa shape index (κ1) is 16.6. The molecule has 1 aromatic carbocycles. The SMILES string of the molecule is O=S(=O)(c1ccc(OC(F)(F)F)cc1)C1(C2CCNCC2)CC1. The molecule has 1 aromatic rings. The van der Waals surface area contributed by atoms with Crippen molar-refractivity contribution >= 4 is 9.84 Å². The van der Waals surface area contributed by atoms with Crippen molar-refractivity contribution in [2.24, 2.45) is 5.92 Å². The maximum Gasteiger partial charge on any atom is 0.573 e. The van der Waals surface area contributed by atoms with Gasteiger partial charge in [0.1, 0.15) is 5.75 Å². The Hall–Kier alpha value is -1.28. The van der Waals surface area contributed by atoms with E-state index in [1.165, 1.54) is 12.1 Å². The highest BCUT2D eigenvalue weighted by atomic mass is 32.2. The Kier molecular flexibility index (Phi) is 4.08. The molecule has 3 rings (SSSR count). The summed E-state index contributed by atoms with van der Waals surface area (Å²) >= 11 is 0. The molecule has 1 saturated heterocycles. The van der Waals surface area contributed by atoms with Crippen LogP contribution in [0.2, 0.25) is 0 Å². The Morgan fingerprint density at radius 3 is 2.13 bits per heavy atom. The lowest BCUT2D eigenvalue weighted by atomic mass is 9.92. The Morgan fingerprint density at radius 2 is 1.65 bits per heavy atom. The second-order valence-corrected chi connectivity index (χ2v) is 8.40. The Morgan fingerprint density at radius 1 is 1.09 bits per heavy atom. The van der Waals surface area contributed by atoms with Gasteiger partial charge in [-0.2, -0.15) is 0 Å². The van der Waals surface area contributed by atoms with Crippen LogP contribution in [-0.2, 0) is 9.84 Å². The van der Waals surface area contributed by atoms with Gasteiger partial charge in [-0.3, -0.25) is 0 Å². The van der Waals surface area contributed by atoms with Crippen LogP contribution in [0.4, 0.5) is 13.2 Å². The minimum absolute atomic E-state index is 0.0723. The summed E-state index contributed by atoms with van der Waals surface area (Å²) in [6, 6.07) is 4.52. The van der Waals surface area contributed by atoms with Crippen LogP contribution in [0.5, 0.6) is 5.75 Å². The lowest BCUT2D eigenvalue weighted by Crippen LogP contribution is -2.39. The second kappa shape index (κ2) is 5.66. The van der Waals surface area contributed by atoms with Gasteiger partial charge in [0.2, 0.25) is 0 Å². The smallest absolute Gasteiger partial charge is 0.406 e. The van der Waals surface area contributed by atoms with Crippen LogP contribution in [0.15, 0.2) is 29.2 Å². The quantitative estimate of drug-likeness (QED) is 0.908. The molecule has 0 atom stereocenters. The van der Waals surface area contributed by atoms with Crippen LogP contribution in [0.25, 0.3) is 0 Å². The van der Waals surface area contributed by atoms with Gasteiger partial charge in [0.15, 0.2) is 9.84 Å². The van der Waals surface area contributed by atoms with E-state index in [0.717, 1.165) is 38.1 Å². The van der Waals surface area contributed by atoms with Crippen molar-refractivity contribution in [3.8, 4) is 5.75 Å². The molecule has 1 aliphatic heterocycles. The number of hydrogen-bond donors (Lipinski definition) is 1. The first-order valence-electron chi connectivity index (χ1n) is 7.56. The van der Waals surface area contributed by atoms with Gasteiger partial charge < -0.3 is 10.1 Å². The summed E-state index contributed by atoms with van der Waals surface area (Å²) in [6.07, 6.45) is -1.90. The van der Waals surface area contributed by atoms with Crippen LogP contribution in [0.1, 0.15) is 25.7 Å². The zero-order valence-corrected chi connectivity index (χ0v) is 13.2. The third-order valence-corrected chi connectivity index (χ3v) is 7.43. The summed E-state index contributed by atoms with van der Waals surface area (Å²) in [5.74, 6) is -0.303. The summed E-state index contributed by atoms with van der Waals surface area (Å²) in [7, 11) is -3.55. The molecule has 1 heterocycles. The van der Waals surface area contributed by atoms with Gasteiger partial charge in [-0.1, -0.05) is 0 Å². The van der Waals surface area contributed by atoms with E-state index >= 15 is 0 Å². The molecule has 0 amide bonds. The van der Waals surface area contributed by atoms with Crippen molar-refractivity contribution in [2.45, 2.75) is 41.7 Å². The average molecular weight is 349 g/mol. The standard InChI is InChI=1S/C15H18F3NO3S/c16-15(17,18)22-12-1-3-13(4-2-12)23(20,21)14(7-8-14)11-5-9-19-10-6-11/h1-4,11,19H,5-10H2. The fourth-order valence-electron chi connectivity index (χ4n) is 3.42. The van der Waals surface area contributed by atoms with Crippen molar-refractivity contribution in [1.82, 2.24) is 5.32 Å². The first-order valence-corrected chi connectivity index (χ1v) is 9.04. The van der Waals surface area contributed by atoms with E-state index in [0.29, 0.717) is 12.8 Å². The predicted octanol–water partition coefficient (Wildman–Crippen LogP) is 2.89. The molecule has 8 heteroatoms. The van der Waals surface area contributed by atoms with Gasteiger partial charge >= 0.3 is 6.36 Å². The number of alkyl halides is 3. The molecule has 1 N–H and O–H groups in total. The number of piperidine rings is 1. The largest absolute Gasteiger partial charge is 0.573 e. The summed E-state index contributed by atoms with van der Waals surface area (Å²) < 4.78 is 65.4. The van der Waals surface area contributed by atoms with Crippen molar-refractivity contribution in [1.29, 1.82) is 0 Å². The van der Waals surface area contributed by atoms with E-state index in [9.17, 15) is 21.6 Å². The van der Waals surface area contributed by atoms with Crippen LogP contribution in [0, 0.1) is 5.92 Å². The fraction of sp³-hybridized carbons (Fsp3) is 0.600. The van der Waals surface area contributed by atoms with Gasteiger partial charge in [-0.25, -0.2) is 8.42 Å². The fourth-order valence-corrected chi connectivity index (χ4v) is 5.70. The lowest BCUT2D eigenvalue weighted by molar-refractivity contribution is -0.274. The number of nitrogens with one attached hydrogen (secondary N) is 1. The third kappa shape index (κ3) is 3.19. The van der Waals surface area contributed by atoms with Crippen molar-refractivity contribution in [2.75, 3.05) is 13.1 Å². The summed E-state index contributed by atoms with van der Waals surface area (Å²) in [4.78, 5) is 0.0723. The van der Waals surface area contributed by atoms with E-state index in [1.54, 1.807) is 0 Å². The zero-order valence-electron chi connectivity index (χ0n) is 12.4. The first-order chi connectivity index (χ1) is 10.7. The highest BCUT2D eigenvalue weighted by Crippen LogP contribution is 2.54. The Balaban J connectivity index is 1.82. The number of ether oxygens (including phenoxy) is 1. The number of hydrogen-bond acceptors (Lipinski definition) is 4. The monoisotopic (exact) mass is 349 g/mol. The van der Waals surface area contributed by atoms with Crippen LogP contribution < -0.4 is 10.1 Å². The third-order valence-electron chi connectivity index (χ3n) is 4.73. The number of rotatable bonds is 4. The highest BCUT2D eigenvalue weighted by molar-refractivity contribution is 7.93. The molecule has 2 fully saturated rings. The molecule has 0 bridgehead atoms. The van der Waals surface area contributed by atoms with Gasteiger partial charge in [-0.05, 0) is 69.0 Å². The summed E-state index contributed by atoms with van der Waals surface area (Å²) in [5, 5.41) is 3.22. The van der Waals surface area contributed by atoms with Crippen molar-refractivity contribution in [3.63, 3.8) is 0 Å². The average Bonchev–Trinajstić information content (AvgIpc) is 3.29. The number of benzene rings is 1. The molecular weight excluding hydrogens is 331 g/mol. The van der Waals surface area contributed by atoms with E-state index in [2.05, 4.69) is 10.1 Å². The molecule has 0 radical (unpaired) electrons. The van der Waals surface area contributed by atoms with Gasteiger partial charge in [0, 0.05) is 0 Å². The maximum atomic E-state index is 12.9. The molecule has 128 valence electrons. The Bertz CT molecular complexity index is 660. The number of sulfone groups is 1. The molecule has 2 aliphatic rings. The van der Waals surface area contributed by atoms with Crippen LogP contribution in [-0.4, -0.2) is 32.6 Å². The minimum atomic E-state index is -4.78. The number of halogens is 3. The molecule has 1 saturated carbocycles. The van der Waals surface area contributed by atoms with Gasteiger partial charge in [0.25, 0.3) is 0 Å². The summed E-state index contributed by atoms with van der Waals surface area (Å²) in [5.41, 5.74) is 0. The van der Waals surface area contributed by atoms with Gasteiger partial charge in [0.05, 0.1) is 9.64 Å². The van der Waals surface area contributed by atoms with E-state index < -0.39 is 26.7 Å². The molecule has 0 unspecified atom stereocenters. The topological polar surface area (TPSA) is 55.4 Å². The van der Waals surface area contributed by atoms with Crippen molar-refractivity contribution < 1.29 is 26.3 Å².